The summed E-state index contributed by atoms with van der Waals surface area (Å²) >= 11 is 12.8. The van der Waals surface area contributed by atoms with Crippen LogP contribution in [0.15, 0.2) is 36.4 Å². The summed E-state index contributed by atoms with van der Waals surface area (Å²) in [5.41, 5.74) is 7.08. The molecular formula is C28H34Cl2N4O. The third kappa shape index (κ3) is 5.37. The lowest BCUT2D eigenvalue weighted by Gasteiger charge is -2.29. The second kappa shape index (κ2) is 10.9. The Labute approximate surface area is 218 Å². The van der Waals surface area contributed by atoms with Gasteiger partial charge in [0.05, 0.1) is 16.4 Å². The van der Waals surface area contributed by atoms with Gasteiger partial charge in [0.1, 0.15) is 0 Å². The Bertz CT molecular complexity index is 1140. The topological polar surface area (TPSA) is 50.2 Å². The molecule has 1 atom stereocenters. The second-order valence-electron chi connectivity index (χ2n) is 10.1. The molecule has 0 bridgehead atoms. The molecule has 1 saturated heterocycles. The van der Waals surface area contributed by atoms with E-state index in [9.17, 15) is 4.79 Å². The van der Waals surface area contributed by atoms with Gasteiger partial charge in [-0.3, -0.25) is 10.2 Å². The number of allylic oxidation sites excluding steroid dienone is 4. The Morgan fingerprint density at radius 2 is 1.80 bits per heavy atom. The van der Waals surface area contributed by atoms with E-state index in [1.807, 2.05) is 22.7 Å². The highest BCUT2D eigenvalue weighted by atomic mass is 35.5. The van der Waals surface area contributed by atoms with E-state index in [-0.39, 0.29) is 5.91 Å². The van der Waals surface area contributed by atoms with Gasteiger partial charge in [0.25, 0.3) is 5.91 Å². The Balaban J connectivity index is 1.48. The maximum atomic E-state index is 13.3. The lowest BCUT2D eigenvalue weighted by Crippen LogP contribution is -2.45. The van der Waals surface area contributed by atoms with Crippen molar-refractivity contribution in [3.63, 3.8) is 0 Å². The Hall–Kier alpha value is -2.08. The minimum absolute atomic E-state index is 0.171. The van der Waals surface area contributed by atoms with Crippen LogP contribution >= 0.6 is 23.2 Å². The first-order valence-corrected chi connectivity index (χ1v) is 13.8. The van der Waals surface area contributed by atoms with E-state index < -0.39 is 0 Å². The van der Waals surface area contributed by atoms with Crippen LogP contribution in [0.2, 0.25) is 10.0 Å². The molecule has 1 unspecified atom stereocenters. The van der Waals surface area contributed by atoms with E-state index in [1.54, 1.807) is 12.1 Å². The highest BCUT2D eigenvalue weighted by Gasteiger charge is 2.28. The van der Waals surface area contributed by atoms with Crippen molar-refractivity contribution in [3.8, 4) is 5.69 Å². The number of aromatic nitrogens is 2. The number of nitrogens with one attached hydrogen (secondary N) is 1. The number of benzene rings is 1. The van der Waals surface area contributed by atoms with Crippen molar-refractivity contribution in [2.45, 2.75) is 64.7 Å². The molecule has 1 aromatic heterocycles. The summed E-state index contributed by atoms with van der Waals surface area (Å²) in [5.74, 6) is 1.20. The van der Waals surface area contributed by atoms with E-state index in [0.29, 0.717) is 21.7 Å². The van der Waals surface area contributed by atoms with Gasteiger partial charge in [-0.05, 0) is 74.6 Å². The van der Waals surface area contributed by atoms with E-state index >= 15 is 0 Å². The highest BCUT2D eigenvalue weighted by Crippen LogP contribution is 2.38. The van der Waals surface area contributed by atoms with Crippen molar-refractivity contribution in [3.05, 3.63) is 63.4 Å². The summed E-state index contributed by atoms with van der Waals surface area (Å²) in [7, 11) is 0. The first-order valence-electron chi connectivity index (χ1n) is 13.0. The summed E-state index contributed by atoms with van der Waals surface area (Å²) in [6.07, 6.45) is 18.1. The average molecular weight is 514 g/mol. The summed E-state index contributed by atoms with van der Waals surface area (Å²) in [5, 5.41) is 7.88. The van der Waals surface area contributed by atoms with Gasteiger partial charge >= 0.3 is 0 Å². The van der Waals surface area contributed by atoms with Crippen LogP contribution in [0.4, 0.5) is 0 Å². The monoisotopic (exact) mass is 512 g/mol. The normalized spacial score (nSPS) is 21.7. The number of hydrogen-bond donors (Lipinski definition) is 1. The van der Waals surface area contributed by atoms with Gasteiger partial charge < -0.3 is 0 Å². The summed E-state index contributed by atoms with van der Waals surface area (Å²) in [4.78, 5) is 13.3. The highest BCUT2D eigenvalue weighted by molar-refractivity contribution is 6.35. The quantitative estimate of drug-likeness (QED) is 0.462. The van der Waals surface area contributed by atoms with Gasteiger partial charge in [0.2, 0.25) is 0 Å². The number of carbonyl (C=O) groups is 1. The molecule has 0 spiro atoms. The van der Waals surface area contributed by atoms with Gasteiger partial charge in [-0.15, -0.1) is 0 Å². The summed E-state index contributed by atoms with van der Waals surface area (Å²) in [6, 6.07) is 5.39. The zero-order valence-electron chi connectivity index (χ0n) is 20.4. The average Bonchev–Trinajstić information content (AvgIpc) is 3.22. The first-order chi connectivity index (χ1) is 17.0. The number of carbonyl (C=O) groups excluding carboxylic acids is 1. The van der Waals surface area contributed by atoms with E-state index in [1.165, 1.54) is 38.5 Å². The maximum Gasteiger partial charge on any atom is 0.286 e. The van der Waals surface area contributed by atoms with E-state index in [4.69, 9.17) is 28.3 Å². The molecular weight excluding hydrogens is 479 g/mol. The zero-order chi connectivity index (χ0) is 24.4. The van der Waals surface area contributed by atoms with Crippen LogP contribution < -0.4 is 5.43 Å². The Morgan fingerprint density at radius 1 is 1.06 bits per heavy atom. The van der Waals surface area contributed by atoms with Crippen molar-refractivity contribution in [1.82, 2.24) is 20.2 Å². The lowest BCUT2D eigenvalue weighted by atomic mass is 9.76. The molecule has 2 aromatic rings. The van der Waals surface area contributed by atoms with Gasteiger partial charge in [0.15, 0.2) is 5.69 Å². The molecule has 2 fully saturated rings. The third-order valence-electron chi connectivity index (χ3n) is 7.75. The number of amides is 1. The molecule has 5 nitrogen and oxygen atoms in total. The largest absolute Gasteiger partial charge is 0.286 e. The van der Waals surface area contributed by atoms with Crippen LogP contribution in [0.25, 0.3) is 11.3 Å². The van der Waals surface area contributed by atoms with Crippen molar-refractivity contribution < 1.29 is 4.79 Å². The number of hydrazine groups is 1. The molecule has 1 aliphatic heterocycles. The molecule has 1 saturated carbocycles. The SMILES string of the molecule is Cc1c(C(=O)NN2CCCCC2)nn(-c2ccc(Cl)cc2Cl)c1C1=CCC(C2CCCCC2)C=C1. The van der Waals surface area contributed by atoms with Crippen LogP contribution in [-0.2, 0) is 0 Å². The van der Waals surface area contributed by atoms with Crippen LogP contribution in [0.1, 0.15) is 79.5 Å². The molecule has 1 N–H and O–H groups in total. The molecule has 3 aliphatic rings. The molecule has 35 heavy (non-hydrogen) atoms. The van der Waals surface area contributed by atoms with E-state index in [2.05, 4.69) is 23.7 Å². The number of rotatable bonds is 5. The minimum atomic E-state index is -0.171. The van der Waals surface area contributed by atoms with Gasteiger partial charge in [-0.1, -0.05) is 67.1 Å². The Kier molecular flexibility index (Phi) is 7.66. The number of nitrogens with zero attached hydrogens (tertiary/aromatic N) is 3. The molecule has 0 radical (unpaired) electrons. The van der Waals surface area contributed by atoms with Gasteiger partial charge in [-0.2, -0.15) is 5.10 Å². The first kappa shape index (κ1) is 24.6. The molecule has 5 rings (SSSR count). The van der Waals surface area contributed by atoms with Crippen LogP contribution in [0.3, 0.4) is 0 Å². The predicted octanol–water partition coefficient (Wildman–Crippen LogP) is 7.16. The van der Waals surface area contributed by atoms with Crippen molar-refractivity contribution in [1.29, 1.82) is 0 Å². The van der Waals surface area contributed by atoms with Crippen LogP contribution in [0, 0.1) is 18.8 Å². The molecule has 2 aliphatic carbocycles. The fourth-order valence-electron chi connectivity index (χ4n) is 5.80. The zero-order valence-corrected chi connectivity index (χ0v) is 21.9. The maximum absolute atomic E-state index is 13.3. The lowest BCUT2D eigenvalue weighted by molar-refractivity contribution is 0.0743. The molecule has 7 heteroatoms. The summed E-state index contributed by atoms with van der Waals surface area (Å²) in [6.45, 7) is 3.73. The smallest absolute Gasteiger partial charge is 0.283 e. The fraction of sp³-hybridized carbons (Fsp3) is 0.500. The van der Waals surface area contributed by atoms with E-state index in [0.717, 1.165) is 60.8 Å². The summed E-state index contributed by atoms with van der Waals surface area (Å²) < 4.78 is 1.82. The van der Waals surface area contributed by atoms with Crippen molar-refractivity contribution in [2.24, 2.45) is 11.8 Å². The molecule has 186 valence electrons. The van der Waals surface area contributed by atoms with Crippen molar-refractivity contribution in [2.75, 3.05) is 13.1 Å². The standard InChI is InChI=1S/C28H34Cl2N4O/c1-19-26(28(35)32-33-16-6-3-7-17-33)31-34(25-15-14-23(29)18-24(25)30)27(19)22-12-10-21(11-13-22)20-8-4-2-5-9-20/h10,12-15,18,20-21H,2-9,11,16-17H2,1H3,(H,32,35). The fourth-order valence-corrected chi connectivity index (χ4v) is 6.29. The number of hydrogen-bond acceptors (Lipinski definition) is 3. The number of piperidine rings is 1. The predicted molar refractivity (Wildman–Crippen MR) is 143 cm³/mol. The molecule has 1 amide bonds. The van der Waals surface area contributed by atoms with Crippen LogP contribution in [0.5, 0.6) is 0 Å². The molecule has 1 aromatic carbocycles. The van der Waals surface area contributed by atoms with Gasteiger partial charge in [-0.25, -0.2) is 9.69 Å². The van der Waals surface area contributed by atoms with Crippen LogP contribution in [-0.4, -0.2) is 33.8 Å². The Morgan fingerprint density at radius 3 is 2.49 bits per heavy atom. The number of halogens is 2. The third-order valence-corrected chi connectivity index (χ3v) is 8.29. The molecule has 2 heterocycles. The van der Waals surface area contributed by atoms with Crippen molar-refractivity contribution >= 4 is 34.7 Å². The second-order valence-corrected chi connectivity index (χ2v) is 11.0. The van der Waals surface area contributed by atoms with Gasteiger partial charge in [0, 0.05) is 23.7 Å². The minimum Gasteiger partial charge on any atom is -0.283 e.